The van der Waals surface area contributed by atoms with E-state index in [1.807, 2.05) is 13.1 Å². The summed E-state index contributed by atoms with van der Waals surface area (Å²) in [7, 11) is 1.85. The largest absolute Gasteiger partial charge is 0.356 e. The van der Waals surface area contributed by atoms with Crippen LogP contribution < -0.4 is 10.6 Å². The van der Waals surface area contributed by atoms with Crippen molar-refractivity contribution in [3.8, 4) is 0 Å². The summed E-state index contributed by atoms with van der Waals surface area (Å²) >= 11 is 0. The highest BCUT2D eigenvalue weighted by Gasteiger charge is 2.48. The molecule has 0 heterocycles. The third-order valence-electron chi connectivity index (χ3n) is 4.93. The maximum absolute atomic E-state index is 4.34. The zero-order valence-electron chi connectivity index (χ0n) is 12.8. The van der Waals surface area contributed by atoms with Gasteiger partial charge in [0, 0.05) is 20.1 Å². The van der Waals surface area contributed by atoms with Crippen molar-refractivity contribution in [3.05, 3.63) is 35.9 Å². The molecule has 21 heavy (non-hydrogen) atoms. The number of benzene rings is 1. The van der Waals surface area contributed by atoms with Gasteiger partial charge < -0.3 is 10.6 Å². The Hall–Kier alpha value is -0.780. The van der Waals surface area contributed by atoms with Crippen molar-refractivity contribution >= 4 is 29.9 Å². The van der Waals surface area contributed by atoms with Gasteiger partial charge in [0.05, 0.1) is 0 Å². The predicted octanol–water partition coefficient (Wildman–Crippen LogP) is 3.55. The summed E-state index contributed by atoms with van der Waals surface area (Å²) < 4.78 is 0. The van der Waals surface area contributed by atoms with Gasteiger partial charge >= 0.3 is 0 Å². The molecule has 116 valence electrons. The molecule has 2 aliphatic carbocycles. The van der Waals surface area contributed by atoms with Gasteiger partial charge in [-0.1, -0.05) is 36.8 Å². The van der Waals surface area contributed by atoms with Crippen molar-refractivity contribution in [1.29, 1.82) is 0 Å². The second-order valence-electron chi connectivity index (χ2n) is 6.26. The van der Waals surface area contributed by atoms with Crippen LogP contribution in [-0.2, 0) is 6.54 Å². The average molecular weight is 399 g/mol. The second kappa shape index (κ2) is 7.47. The van der Waals surface area contributed by atoms with Gasteiger partial charge in [0.25, 0.3) is 0 Å². The van der Waals surface area contributed by atoms with Gasteiger partial charge in [-0.3, -0.25) is 4.99 Å². The Morgan fingerprint density at radius 1 is 1.19 bits per heavy atom. The van der Waals surface area contributed by atoms with E-state index >= 15 is 0 Å². The van der Waals surface area contributed by atoms with E-state index < -0.39 is 0 Å². The second-order valence-corrected chi connectivity index (χ2v) is 6.26. The smallest absolute Gasteiger partial charge is 0.191 e. The van der Waals surface area contributed by atoms with Gasteiger partial charge in [-0.05, 0) is 42.6 Å². The van der Waals surface area contributed by atoms with Gasteiger partial charge in [0.1, 0.15) is 0 Å². The molecule has 1 aromatic carbocycles. The van der Waals surface area contributed by atoms with Crippen LogP contribution in [0.5, 0.6) is 0 Å². The Morgan fingerprint density at radius 3 is 2.43 bits per heavy atom. The van der Waals surface area contributed by atoms with Crippen LogP contribution in [0.3, 0.4) is 0 Å². The molecule has 0 aromatic heterocycles. The van der Waals surface area contributed by atoms with Gasteiger partial charge in [0.2, 0.25) is 0 Å². The third-order valence-corrected chi connectivity index (χ3v) is 4.93. The van der Waals surface area contributed by atoms with Crippen molar-refractivity contribution in [2.24, 2.45) is 16.3 Å². The molecule has 0 radical (unpaired) electrons. The van der Waals surface area contributed by atoms with E-state index in [4.69, 9.17) is 0 Å². The van der Waals surface area contributed by atoms with E-state index in [0.29, 0.717) is 5.41 Å². The monoisotopic (exact) mass is 399 g/mol. The number of hydrogen-bond acceptors (Lipinski definition) is 1. The first-order valence-corrected chi connectivity index (χ1v) is 7.81. The minimum atomic E-state index is 0. The molecule has 0 aliphatic heterocycles. The molecule has 2 fully saturated rings. The minimum absolute atomic E-state index is 0. The molecule has 0 spiro atoms. The number of rotatable bonds is 5. The first kappa shape index (κ1) is 16.6. The number of nitrogens with zero attached hydrogens (tertiary/aromatic N) is 1. The topological polar surface area (TPSA) is 36.4 Å². The summed E-state index contributed by atoms with van der Waals surface area (Å²) in [5.41, 5.74) is 1.88. The lowest BCUT2D eigenvalue weighted by Gasteiger charge is -2.43. The van der Waals surface area contributed by atoms with Crippen molar-refractivity contribution < 1.29 is 0 Å². The molecule has 0 unspecified atom stereocenters. The van der Waals surface area contributed by atoms with Crippen LogP contribution in [0.15, 0.2) is 35.3 Å². The van der Waals surface area contributed by atoms with Crippen LogP contribution in [0, 0.1) is 11.3 Å². The zero-order valence-corrected chi connectivity index (χ0v) is 15.1. The zero-order chi connectivity index (χ0) is 13.8. The Bertz CT molecular complexity index is 464. The lowest BCUT2D eigenvalue weighted by Crippen LogP contribution is -2.47. The fourth-order valence-corrected chi connectivity index (χ4v) is 3.32. The highest BCUT2D eigenvalue weighted by molar-refractivity contribution is 14.0. The highest BCUT2D eigenvalue weighted by Crippen LogP contribution is 2.56. The van der Waals surface area contributed by atoms with Crippen LogP contribution in [0.1, 0.15) is 37.7 Å². The predicted molar refractivity (Wildman–Crippen MR) is 99.1 cm³/mol. The fourth-order valence-electron chi connectivity index (χ4n) is 3.32. The molecule has 4 heteroatoms. The Kier molecular flexibility index (Phi) is 5.90. The highest BCUT2D eigenvalue weighted by atomic mass is 127. The van der Waals surface area contributed by atoms with Gasteiger partial charge in [-0.2, -0.15) is 0 Å². The van der Waals surface area contributed by atoms with Crippen molar-refractivity contribution in [3.63, 3.8) is 0 Å². The SMILES string of the molecule is CN=C(NCc1ccccc1)NCC1(C2CC2)CCC1.I. The van der Waals surface area contributed by atoms with Crippen LogP contribution in [0.2, 0.25) is 0 Å². The first-order chi connectivity index (χ1) is 9.82. The molecule has 1 aromatic rings. The Morgan fingerprint density at radius 2 is 1.90 bits per heavy atom. The number of hydrogen-bond donors (Lipinski definition) is 2. The summed E-state index contributed by atoms with van der Waals surface area (Å²) in [6, 6.07) is 10.5. The standard InChI is InChI=1S/C17H25N3.HI/c1-18-16(19-12-14-6-3-2-4-7-14)20-13-17(10-5-11-17)15-8-9-15;/h2-4,6-7,15H,5,8-13H2,1H3,(H2,18,19,20);1H. The maximum atomic E-state index is 4.34. The molecule has 0 amide bonds. The first-order valence-electron chi connectivity index (χ1n) is 7.81. The van der Waals surface area contributed by atoms with Gasteiger partial charge in [-0.25, -0.2) is 0 Å². The molecule has 0 atom stereocenters. The van der Waals surface area contributed by atoms with Crippen LogP contribution >= 0.6 is 24.0 Å². The molecule has 3 rings (SSSR count). The molecular weight excluding hydrogens is 373 g/mol. The Labute approximate surface area is 145 Å². The van der Waals surface area contributed by atoms with Crippen molar-refractivity contribution in [2.45, 2.75) is 38.6 Å². The van der Waals surface area contributed by atoms with E-state index in [1.165, 1.54) is 37.7 Å². The summed E-state index contributed by atoms with van der Waals surface area (Å²) in [6.45, 7) is 1.92. The van der Waals surface area contributed by atoms with Crippen molar-refractivity contribution in [1.82, 2.24) is 10.6 Å². The number of guanidine groups is 1. The van der Waals surface area contributed by atoms with Crippen LogP contribution in [0.25, 0.3) is 0 Å². The summed E-state index contributed by atoms with van der Waals surface area (Å²) in [6.07, 6.45) is 7.10. The number of aliphatic imine (C=N–C) groups is 1. The lowest BCUT2D eigenvalue weighted by molar-refractivity contribution is 0.106. The molecule has 2 N–H and O–H groups in total. The molecular formula is C17H26IN3. The van der Waals surface area contributed by atoms with E-state index in [0.717, 1.165) is 25.0 Å². The Balaban J connectivity index is 0.00000161. The summed E-state index contributed by atoms with van der Waals surface area (Å²) in [5.74, 6) is 1.91. The van der Waals surface area contributed by atoms with E-state index in [2.05, 4.69) is 39.9 Å². The summed E-state index contributed by atoms with van der Waals surface area (Å²) in [4.78, 5) is 4.34. The molecule has 3 nitrogen and oxygen atoms in total. The molecule has 2 aliphatic rings. The van der Waals surface area contributed by atoms with Crippen LogP contribution in [0.4, 0.5) is 0 Å². The molecule has 2 saturated carbocycles. The van der Waals surface area contributed by atoms with E-state index in [1.54, 1.807) is 0 Å². The van der Waals surface area contributed by atoms with Gasteiger partial charge in [-0.15, -0.1) is 24.0 Å². The van der Waals surface area contributed by atoms with Crippen molar-refractivity contribution in [2.75, 3.05) is 13.6 Å². The fraction of sp³-hybridized carbons (Fsp3) is 0.588. The van der Waals surface area contributed by atoms with Gasteiger partial charge in [0.15, 0.2) is 5.96 Å². The van der Waals surface area contributed by atoms with Crippen LogP contribution in [-0.4, -0.2) is 19.6 Å². The number of nitrogens with one attached hydrogen (secondary N) is 2. The van der Waals surface area contributed by atoms with E-state index in [9.17, 15) is 0 Å². The average Bonchev–Trinajstić information content (AvgIpc) is 3.27. The molecule has 0 bridgehead atoms. The third kappa shape index (κ3) is 4.11. The minimum Gasteiger partial charge on any atom is -0.356 e. The molecule has 0 saturated heterocycles. The quantitative estimate of drug-likeness (QED) is 0.452. The maximum Gasteiger partial charge on any atom is 0.191 e. The number of halogens is 1. The summed E-state index contributed by atoms with van der Waals surface area (Å²) in [5, 5.41) is 6.95. The van der Waals surface area contributed by atoms with E-state index in [-0.39, 0.29) is 24.0 Å². The lowest BCUT2D eigenvalue weighted by atomic mass is 9.65. The normalized spacial score (nSPS) is 20.1.